The maximum absolute atomic E-state index is 11.2. The first kappa shape index (κ1) is 11.8. The molecule has 0 atom stereocenters. The lowest BCUT2D eigenvalue weighted by Gasteiger charge is -2.10. The van der Waals surface area contributed by atoms with Crippen LogP contribution in [0.3, 0.4) is 0 Å². The van der Waals surface area contributed by atoms with E-state index in [1.807, 2.05) is 24.3 Å². The van der Waals surface area contributed by atoms with Crippen molar-refractivity contribution in [3.63, 3.8) is 0 Å². The van der Waals surface area contributed by atoms with E-state index in [-0.39, 0.29) is 0 Å². The van der Waals surface area contributed by atoms with E-state index in [1.165, 1.54) is 11.1 Å². The highest BCUT2D eigenvalue weighted by molar-refractivity contribution is 5.91. The van der Waals surface area contributed by atoms with Crippen molar-refractivity contribution in [2.75, 3.05) is 0 Å². The van der Waals surface area contributed by atoms with Gasteiger partial charge < -0.3 is 0 Å². The Hall–Kier alpha value is -1.63. The Bertz CT molecular complexity index is 426. The van der Waals surface area contributed by atoms with Gasteiger partial charge in [-0.1, -0.05) is 48.1 Å². The molecule has 0 N–H and O–H groups in total. The van der Waals surface area contributed by atoms with Crippen molar-refractivity contribution in [2.45, 2.75) is 32.1 Å². The Morgan fingerprint density at radius 3 is 2.71 bits per heavy atom. The minimum Gasteiger partial charge on any atom is -0.295 e. The third-order valence-corrected chi connectivity index (χ3v) is 3.03. The minimum atomic E-state index is 0.304. The summed E-state index contributed by atoms with van der Waals surface area (Å²) in [5.74, 6) is 0.304. The molecule has 1 aliphatic rings. The van der Waals surface area contributed by atoms with Crippen molar-refractivity contribution in [2.24, 2.45) is 0 Å². The van der Waals surface area contributed by atoms with Crippen LogP contribution in [0.1, 0.15) is 37.7 Å². The smallest absolute Gasteiger partial charge is 0.155 e. The molecule has 0 saturated carbocycles. The molecule has 2 rings (SSSR count). The topological polar surface area (TPSA) is 17.1 Å². The number of hydrogen-bond donors (Lipinski definition) is 0. The zero-order chi connectivity index (χ0) is 11.9. The van der Waals surface area contributed by atoms with Gasteiger partial charge in [-0.2, -0.15) is 0 Å². The lowest BCUT2D eigenvalue weighted by molar-refractivity contribution is -0.115. The van der Waals surface area contributed by atoms with Gasteiger partial charge in [0.1, 0.15) is 0 Å². The van der Waals surface area contributed by atoms with Gasteiger partial charge in [0.15, 0.2) is 5.78 Å². The average molecular weight is 226 g/mol. The van der Waals surface area contributed by atoms with Crippen LogP contribution in [0.4, 0.5) is 0 Å². The molecular formula is C16H18O. The predicted molar refractivity (Wildman–Crippen MR) is 71.7 cm³/mol. The van der Waals surface area contributed by atoms with Crippen molar-refractivity contribution in [3.05, 3.63) is 53.6 Å². The predicted octanol–water partition coefficient (Wildman–Crippen LogP) is 4.16. The van der Waals surface area contributed by atoms with Gasteiger partial charge in [-0.3, -0.25) is 4.79 Å². The summed E-state index contributed by atoms with van der Waals surface area (Å²) in [6.07, 6.45) is 11.1. The van der Waals surface area contributed by atoms with Crippen LogP contribution in [0.2, 0.25) is 0 Å². The highest BCUT2D eigenvalue weighted by Crippen LogP contribution is 2.19. The number of rotatable bonds is 4. The number of hydrogen-bond acceptors (Lipinski definition) is 1. The first-order chi connectivity index (χ1) is 8.34. The van der Waals surface area contributed by atoms with E-state index in [9.17, 15) is 4.79 Å². The Morgan fingerprint density at radius 1 is 1.12 bits per heavy atom. The van der Waals surface area contributed by atoms with Crippen LogP contribution in [-0.2, 0) is 4.79 Å². The quantitative estimate of drug-likeness (QED) is 0.753. The molecule has 0 unspecified atom stereocenters. The van der Waals surface area contributed by atoms with Gasteiger partial charge in [0.05, 0.1) is 0 Å². The van der Waals surface area contributed by atoms with Crippen molar-refractivity contribution in [1.82, 2.24) is 0 Å². The number of benzene rings is 1. The summed E-state index contributed by atoms with van der Waals surface area (Å²) < 4.78 is 0. The Morgan fingerprint density at radius 2 is 1.94 bits per heavy atom. The molecular weight excluding hydrogens is 208 g/mol. The monoisotopic (exact) mass is 226 g/mol. The Labute approximate surface area is 103 Å². The van der Waals surface area contributed by atoms with E-state index in [1.54, 1.807) is 0 Å². The second-order valence-corrected chi connectivity index (χ2v) is 4.47. The molecule has 0 aromatic heterocycles. The van der Waals surface area contributed by atoms with E-state index in [2.05, 4.69) is 24.3 Å². The summed E-state index contributed by atoms with van der Waals surface area (Å²) >= 11 is 0. The van der Waals surface area contributed by atoms with E-state index in [0.717, 1.165) is 32.1 Å². The fourth-order valence-electron chi connectivity index (χ4n) is 2.11. The third kappa shape index (κ3) is 4.03. The molecule has 17 heavy (non-hydrogen) atoms. The molecule has 1 heteroatoms. The van der Waals surface area contributed by atoms with Gasteiger partial charge in [0.25, 0.3) is 0 Å². The molecule has 0 spiro atoms. The molecule has 1 aromatic carbocycles. The Balaban J connectivity index is 1.80. The highest BCUT2D eigenvalue weighted by Gasteiger charge is 2.08. The second kappa shape index (κ2) is 6.19. The first-order valence-corrected chi connectivity index (χ1v) is 6.28. The summed E-state index contributed by atoms with van der Waals surface area (Å²) in [4.78, 5) is 11.2. The minimum absolute atomic E-state index is 0.304. The fourth-order valence-corrected chi connectivity index (χ4v) is 2.11. The van der Waals surface area contributed by atoms with Gasteiger partial charge in [-0.15, -0.1) is 0 Å². The maximum atomic E-state index is 11.2. The number of carbonyl (C=O) groups is 1. The van der Waals surface area contributed by atoms with Crippen molar-refractivity contribution >= 4 is 11.9 Å². The molecule has 1 aromatic rings. The molecule has 1 aliphatic carbocycles. The summed E-state index contributed by atoms with van der Waals surface area (Å²) in [5, 5.41) is 0. The number of ketones is 1. The van der Waals surface area contributed by atoms with Crippen LogP contribution in [0.25, 0.3) is 6.08 Å². The van der Waals surface area contributed by atoms with Crippen LogP contribution >= 0.6 is 0 Å². The van der Waals surface area contributed by atoms with Crippen LogP contribution in [0.15, 0.2) is 48.1 Å². The molecule has 1 nitrogen and oxygen atoms in total. The SMILES string of the molecule is O=C1C=C(CC/C=C/c2ccccc2)CCC1. The first-order valence-electron chi connectivity index (χ1n) is 6.28. The lowest BCUT2D eigenvalue weighted by Crippen LogP contribution is -2.02. The second-order valence-electron chi connectivity index (χ2n) is 4.47. The van der Waals surface area contributed by atoms with Gasteiger partial charge in [-0.05, 0) is 37.3 Å². The normalized spacial score (nSPS) is 16.2. The van der Waals surface area contributed by atoms with E-state index < -0.39 is 0 Å². The summed E-state index contributed by atoms with van der Waals surface area (Å²) in [6.45, 7) is 0. The van der Waals surface area contributed by atoms with Crippen LogP contribution in [0.5, 0.6) is 0 Å². The number of carbonyl (C=O) groups excluding carboxylic acids is 1. The van der Waals surface area contributed by atoms with Crippen LogP contribution in [0, 0.1) is 0 Å². The zero-order valence-electron chi connectivity index (χ0n) is 10.1. The summed E-state index contributed by atoms with van der Waals surface area (Å²) in [6, 6.07) is 10.3. The molecule has 0 heterocycles. The van der Waals surface area contributed by atoms with E-state index >= 15 is 0 Å². The average Bonchev–Trinajstić information content (AvgIpc) is 2.36. The maximum Gasteiger partial charge on any atom is 0.155 e. The zero-order valence-corrected chi connectivity index (χ0v) is 10.1. The molecule has 0 amide bonds. The largest absolute Gasteiger partial charge is 0.295 e. The summed E-state index contributed by atoms with van der Waals surface area (Å²) in [5.41, 5.74) is 2.56. The van der Waals surface area contributed by atoms with Crippen LogP contribution in [-0.4, -0.2) is 5.78 Å². The molecule has 0 saturated heterocycles. The molecule has 0 radical (unpaired) electrons. The van der Waals surface area contributed by atoms with Crippen LogP contribution < -0.4 is 0 Å². The van der Waals surface area contributed by atoms with Crippen molar-refractivity contribution in [1.29, 1.82) is 0 Å². The van der Waals surface area contributed by atoms with E-state index in [4.69, 9.17) is 0 Å². The van der Waals surface area contributed by atoms with Crippen molar-refractivity contribution in [3.8, 4) is 0 Å². The van der Waals surface area contributed by atoms with Gasteiger partial charge in [0, 0.05) is 6.42 Å². The summed E-state index contributed by atoms with van der Waals surface area (Å²) in [7, 11) is 0. The highest BCUT2D eigenvalue weighted by atomic mass is 16.1. The molecule has 88 valence electrons. The standard InChI is InChI=1S/C16H18O/c17-16-12-6-11-15(13-16)10-5-4-9-14-7-2-1-3-8-14/h1-4,7-9,13H,5-6,10-12H2/b9-4+. The lowest BCUT2D eigenvalue weighted by atomic mass is 9.95. The molecule has 0 aliphatic heterocycles. The molecule has 0 bridgehead atoms. The fraction of sp³-hybridized carbons (Fsp3) is 0.312. The van der Waals surface area contributed by atoms with Crippen molar-refractivity contribution < 1.29 is 4.79 Å². The van der Waals surface area contributed by atoms with Gasteiger partial charge >= 0.3 is 0 Å². The molecule has 0 fully saturated rings. The Kier molecular flexibility index (Phi) is 4.31. The van der Waals surface area contributed by atoms with Gasteiger partial charge in [0.2, 0.25) is 0 Å². The number of allylic oxidation sites excluding steroid dienone is 3. The third-order valence-electron chi connectivity index (χ3n) is 3.03. The van der Waals surface area contributed by atoms with E-state index in [0.29, 0.717) is 5.78 Å². The van der Waals surface area contributed by atoms with Gasteiger partial charge in [-0.25, -0.2) is 0 Å².